The van der Waals surface area contributed by atoms with Crippen molar-refractivity contribution in [1.29, 1.82) is 0 Å². The number of anilines is 1. The molecule has 2 heteroatoms. The number of nitrogens with zero attached hydrogens (tertiary/aromatic N) is 1. The second kappa shape index (κ2) is 5.84. The van der Waals surface area contributed by atoms with E-state index in [1.807, 2.05) is 19.3 Å². The van der Waals surface area contributed by atoms with E-state index in [-0.39, 0.29) is 0 Å². The Kier molecular flexibility index (Phi) is 3.68. The smallest absolute Gasteiger partial charge is 0.129 e. The fourth-order valence-corrected chi connectivity index (χ4v) is 4.08. The third kappa shape index (κ3) is 2.67. The minimum atomic E-state index is 0.871. The average molecular weight is 304 g/mol. The Balaban J connectivity index is 1.63. The van der Waals surface area contributed by atoms with E-state index in [1.165, 1.54) is 29.5 Å². The molecule has 2 aliphatic rings. The Morgan fingerprint density at radius 1 is 1.35 bits per heavy atom. The van der Waals surface area contributed by atoms with Gasteiger partial charge in [0.25, 0.3) is 0 Å². The predicted octanol–water partition coefficient (Wildman–Crippen LogP) is 4.49. The number of hydrogen-bond acceptors (Lipinski definition) is 2. The predicted molar refractivity (Wildman–Crippen MR) is 96.1 cm³/mol. The van der Waals surface area contributed by atoms with E-state index >= 15 is 0 Å². The summed E-state index contributed by atoms with van der Waals surface area (Å²) in [6.45, 7) is 3.86. The van der Waals surface area contributed by atoms with Gasteiger partial charge >= 0.3 is 0 Å². The Morgan fingerprint density at radius 3 is 3.09 bits per heavy atom. The van der Waals surface area contributed by atoms with Gasteiger partial charge in [0.1, 0.15) is 5.82 Å². The van der Waals surface area contributed by atoms with E-state index < -0.39 is 0 Å². The summed E-state index contributed by atoms with van der Waals surface area (Å²) in [4.78, 5) is 4.48. The summed E-state index contributed by atoms with van der Waals surface area (Å²) in [7, 11) is 1.95. The zero-order chi connectivity index (χ0) is 15.8. The Bertz CT molecular complexity index is 748. The number of aromatic nitrogens is 1. The van der Waals surface area contributed by atoms with Crippen LogP contribution in [0.5, 0.6) is 0 Å². The molecule has 2 aromatic rings. The first-order chi connectivity index (χ1) is 11.3. The van der Waals surface area contributed by atoms with Crippen molar-refractivity contribution in [3.8, 4) is 0 Å². The lowest BCUT2D eigenvalue weighted by Crippen LogP contribution is -2.04. The number of benzene rings is 1. The van der Waals surface area contributed by atoms with Crippen LogP contribution in [0.25, 0.3) is 0 Å². The molecule has 1 fully saturated rings. The molecule has 1 heterocycles. The van der Waals surface area contributed by atoms with Crippen LogP contribution in [0.4, 0.5) is 5.82 Å². The third-order valence-electron chi connectivity index (χ3n) is 5.40. The summed E-state index contributed by atoms with van der Waals surface area (Å²) in [6.07, 6.45) is 9.61. The van der Waals surface area contributed by atoms with Crippen LogP contribution >= 0.6 is 0 Å². The molecule has 0 saturated heterocycles. The molecule has 0 aliphatic heterocycles. The van der Waals surface area contributed by atoms with Gasteiger partial charge in [0.15, 0.2) is 0 Å². The molecule has 2 aliphatic carbocycles. The first kappa shape index (κ1) is 14.5. The van der Waals surface area contributed by atoms with E-state index in [9.17, 15) is 0 Å². The van der Waals surface area contributed by atoms with E-state index in [0.717, 1.165) is 36.9 Å². The standard InChI is InChI=1S/C21H24N2/c1-3-4-5-18-16(8-9-23-21(18)22-2)10-14-6-7-15-12-17-13-20(17)19(15)11-14/h3,6-9,11,17,20H,1,4-5,10,12-13H2,2H3,(H,22,23). The van der Waals surface area contributed by atoms with Crippen molar-refractivity contribution in [2.75, 3.05) is 12.4 Å². The van der Waals surface area contributed by atoms with Gasteiger partial charge in [-0.1, -0.05) is 24.3 Å². The third-order valence-corrected chi connectivity index (χ3v) is 5.40. The monoisotopic (exact) mass is 304 g/mol. The van der Waals surface area contributed by atoms with E-state index in [0.29, 0.717) is 0 Å². The quantitative estimate of drug-likeness (QED) is 0.795. The molecule has 2 unspecified atom stereocenters. The number of allylic oxidation sites excluding steroid dienone is 1. The molecule has 23 heavy (non-hydrogen) atoms. The normalized spacial score (nSPS) is 20.7. The SMILES string of the molecule is C=CCCc1c(Cc2ccc3c(c2)C2CC2C3)ccnc1NC. The summed E-state index contributed by atoms with van der Waals surface area (Å²) in [5, 5.41) is 3.24. The van der Waals surface area contributed by atoms with Crippen molar-refractivity contribution in [3.63, 3.8) is 0 Å². The zero-order valence-electron chi connectivity index (χ0n) is 13.8. The highest BCUT2D eigenvalue weighted by Gasteiger charge is 2.44. The van der Waals surface area contributed by atoms with Crippen molar-refractivity contribution in [3.05, 3.63) is 70.9 Å². The lowest BCUT2D eigenvalue weighted by Gasteiger charge is -2.14. The second-order valence-corrected chi connectivity index (χ2v) is 6.89. The van der Waals surface area contributed by atoms with E-state index in [4.69, 9.17) is 0 Å². The average Bonchev–Trinajstić information content (AvgIpc) is 3.26. The Labute approximate surface area is 138 Å². The molecule has 0 bridgehead atoms. The first-order valence-corrected chi connectivity index (χ1v) is 8.67. The minimum absolute atomic E-state index is 0.871. The van der Waals surface area contributed by atoms with E-state index in [2.05, 4.69) is 41.1 Å². The number of nitrogens with one attached hydrogen (secondary N) is 1. The van der Waals surface area contributed by atoms with Crippen molar-refractivity contribution < 1.29 is 0 Å². The van der Waals surface area contributed by atoms with Gasteiger partial charge in [-0.15, -0.1) is 6.58 Å². The van der Waals surface area contributed by atoms with Crippen LogP contribution in [0, 0.1) is 5.92 Å². The molecule has 0 radical (unpaired) electrons. The summed E-state index contributed by atoms with van der Waals surface area (Å²) in [5.74, 6) is 2.84. The maximum Gasteiger partial charge on any atom is 0.129 e. The number of rotatable bonds is 6. The van der Waals surface area contributed by atoms with Crippen LogP contribution in [0.15, 0.2) is 43.1 Å². The van der Waals surface area contributed by atoms with Crippen LogP contribution < -0.4 is 5.32 Å². The molecule has 1 saturated carbocycles. The van der Waals surface area contributed by atoms with Crippen LogP contribution in [0.1, 0.15) is 46.6 Å². The highest BCUT2D eigenvalue weighted by molar-refractivity contribution is 5.51. The van der Waals surface area contributed by atoms with Crippen molar-refractivity contribution in [2.24, 2.45) is 5.92 Å². The molecule has 1 aromatic heterocycles. The van der Waals surface area contributed by atoms with Gasteiger partial charge in [-0.3, -0.25) is 0 Å². The van der Waals surface area contributed by atoms with Gasteiger partial charge in [-0.2, -0.15) is 0 Å². The van der Waals surface area contributed by atoms with Crippen molar-refractivity contribution >= 4 is 5.82 Å². The summed E-state index contributed by atoms with van der Waals surface area (Å²) in [5.41, 5.74) is 7.37. The maximum absolute atomic E-state index is 4.48. The van der Waals surface area contributed by atoms with Gasteiger partial charge < -0.3 is 5.32 Å². The molecule has 0 amide bonds. The van der Waals surface area contributed by atoms with Crippen molar-refractivity contribution in [1.82, 2.24) is 4.98 Å². The van der Waals surface area contributed by atoms with Gasteiger partial charge in [0, 0.05) is 13.2 Å². The van der Waals surface area contributed by atoms with E-state index in [1.54, 1.807) is 11.1 Å². The lowest BCUT2D eigenvalue weighted by atomic mass is 9.95. The molecule has 2 atom stereocenters. The largest absolute Gasteiger partial charge is 0.373 e. The zero-order valence-corrected chi connectivity index (χ0v) is 13.8. The van der Waals surface area contributed by atoms with Gasteiger partial charge in [-0.05, 0) is 77.8 Å². The molecule has 4 rings (SSSR count). The number of fused-ring (bicyclic) bond motifs is 3. The Morgan fingerprint density at radius 2 is 2.26 bits per heavy atom. The highest BCUT2D eigenvalue weighted by Crippen LogP contribution is 2.56. The van der Waals surface area contributed by atoms with Gasteiger partial charge in [0.2, 0.25) is 0 Å². The number of pyridine rings is 1. The fourth-order valence-electron chi connectivity index (χ4n) is 4.08. The maximum atomic E-state index is 4.48. The van der Waals surface area contributed by atoms with Crippen LogP contribution in [-0.2, 0) is 19.3 Å². The lowest BCUT2D eigenvalue weighted by molar-refractivity contribution is 0.857. The minimum Gasteiger partial charge on any atom is -0.373 e. The fraction of sp³-hybridized carbons (Fsp3) is 0.381. The van der Waals surface area contributed by atoms with Crippen LogP contribution in [-0.4, -0.2) is 12.0 Å². The van der Waals surface area contributed by atoms with Crippen molar-refractivity contribution in [2.45, 2.75) is 38.0 Å². The summed E-state index contributed by atoms with van der Waals surface area (Å²) < 4.78 is 0. The molecule has 1 N–H and O–H groups in total. The molecule has 118 valence electrons. The van der Waals surface area contributed by atoms with Crippen LogP contribution in [0.3, 0.4) is 0 Å². The highest BCUT2D eigenvalue weighted by atomic mass is 15.0. The van der Waals surface area contributed by atoms with Crippen LogP contribution in [0.2, 0.25) is 0 Å². The molecular formula is C21H24N2. The Hall–Kier alpha value is -2.09. The molecule has 2 nitrogen and oxygen atoms in total. The molecule has 1 aromatic carbocycles. The molecule has 0 spiro atoms. The summed E-state index contributed by atoms with van der Waals surface area (Å²) in [6, 6.07) is 9.32. The summed E-state index contributed by atoms with van der Waals surface area (Å²) >= 11 is 0. The number of hydrogen-bond donors (Lipinski definition) is 1. The van der Waals surface area contributed by atoms with Gasteiger partial charge in [0.05, 0.1) is 0 Å². The molecular weight excluding hydrogens is 280 g/mol. The topological polar surface area (TPSA) is 24.9 Å². The first-order valence-electron chi connectivity index (χ1n) is 8.67. The second-order valence-electron chi connectivity index (χ2n) is 6.89. The van der Waals surface area contributed by atoms with Gasteiger partial charge in [-0.25, -0.2) is 4.98 Å².